The summed E-state index contributed by atoms with van der Waals surface area (Å²) in [4.78, 5) is 4.67. The van der Waals surface area contributed by atoms with Gasteiger partial charge in [-0.25, -0.2) is 0 Å². The van der Waals surface area contributed by atoms with E-state index in [1.165, 1.54) is 56.2 Å². The molecular formula is C15H25N. The highest BCUT2D eigenvalue weighted by Gasteiger charge is 2.28. The Labute approximate surface area is 100 Å². The second-order valence-electron chi connectivity index (χ2n) is 5.41. The van der Waals surface area contributed by atoms with Crippen molar-refractivity contribution in [1.29, 1.82) is 0 Å². The molecule has 16 heavy (non-hydrogen) atoms. The standard InChI is InChI=1S/C15H25N/c1-3-15-14-10-8-6-4-5-7-9-13(14)12(2)11-16-15/h11,13-14H,3-10H2,1-2H3. The van der Waals surface area contributed by atoms with Gasteiger partial charge in [0.2, 0.25) is 0 Å². The summed E-state index contributed by atoms with van der Waals surface area (Å²) in [5.41, 5.74) is 3.00. The van der Waals surface area contributed by atoms with Gasteiger partial charge < -0.3 is 0 Å². The van der Waals surface area contributed by atoms with E-state index in [4.69, 9.17) is 0 Å². The van der Waals surface area contributed by atoms with Gasteiger partial charge in [0.1, 0.15) is 0 Å². The fraction of sp³-hybridized carbons (Fsp3) is 0.800. The van der Waals surface area contributed by atoms with Crippen molar-refractivity contribution in [3.8, 4) is 0 Å². The second kappa shape index (κ2) is 5.65. The van der Waals surface area contributed by atoms with E-state index in [0.29, 0.717) is 0 Å². The van der Waals surface area contributed by atoms with Crippen molar-refractivity contribution in [3.05, 3.63) is 11.8 Å². The zero-order valence-corrected chi connectivity index (χ0v) is 10.8. The first-order valence-electron chi connectivity index (χ1n) is 7.06. The summed E-state index contributed by atoms with van der Waals surface area (Å²) < 4.78 is 0. The van der Waals surface area contributed by atoms with Gasteiger partial charge in [-0.15, -0.1) is 0 Å². The SMILES string of the molecule is CCC1=NC=C(C)C2CCCCCCCC12. The maximum atomic E-state index is 4.67. The van der Waals surface area contributed by atoms with E-state index in [2.05, 4.69) is 25.0 Å². The molecule has 0 saturated heterocycles. The Morgan fingerprint density at radius 1 is 1.06 bits per heavy atom. The first-order chi connectivity index (χ1) is 7.83. The first kappa shape index (κ1) is 11.9. The maximum absolute atomic E-state index is 4.67. The summed E-state index contributed by atoms with van der Waals surface area (Å²) in [6.45, 7) is 4.54. The van der Waals surface area contributed by atoms with Crippen molar-refractivity contribution in [2.75, 3.05) is 0 Å². The molecule has 0 aromatic heterocycles. The molecule has 2 atom stereocenters. The van der Waals surface area contributed by atoms with Crippen LogP contribution < -0.4 is 0 Å². The Morgan fingerprint density at radius 3 is 2.38 bits per heavy atom. The van der Waals surface area contributed by atoms with Crippen LogP contribution in [0.15, 0.2) is 16.8 Å². The van der Waals surface area contributed by atoms with Crippen LogP contribution in [0.5, 0.6) is 0 Å². The molecule has 0 N–H and O–H groups in total. The molecule has 1 aliphatic heterocycles. The van der Waals surface area contributed by atoms with Crippen molar-refractivity contribution >= 4 is 5.71 Å². The first-order valence-corrected chi connectivity index (χ1v) is 7.06. The molecule has 0 aromatic carbocycles. The number of fused-ring (bicyclic) bond motifs is 1. The monoisotopic (exact) mass is 219 g/mol. The van der Waals surface area contributed by atoms with Gasteiger partial charge in [-0.05, 0) is 32.1 Å². The van der Waals surface area contributed by atoms with E-state index in [-0.39, 0.29) is 0 Å². The summed E-state index contributed by atoms with van der Waals surface area (Å²) in [5, 5.41) is 0. The maximum Gasteiger partial charge on any atom is 0.0259 e. The van der Waals surface area contributed by atoms with Crippen molar-refractivity contribution in [2.24, 2.45) is 16.8 Å². The van der Waals surface area contributed by atoms with Crippen LogP contribution in [0.2, 0.25) is 0 Å². The molecule has 2 unspecified atom stereocenters. The van der Waals surface area contributed by atoms with Crippen LogP contribution in [-0.2, 0) is 0 Å². The molecule has 0 aromatic rings. The lowest BCUT2D eigenvalue weighted by Crippen LogP contribution is -2.27. The molecule has 0 radical (unpaired) electrons. The van der Waals surface area contributed by atoms with E-state index in [9.17, 15) is 0 Å². The zero-order chi connectivity index (χ0) is 11.4. The molecule has 90 valence electrons. The molecule has 0 bridgehead atoms. The number of hydrogen-bond donors (Lipinski definition) is 0. The normalized spacial score (nSPS) is 31.6. The Balaban J connectivity index is 2.16. The fourth-order valence-electron chi connectivity index (χ4n) is 3.33. The Bertz CT molecular complexity index is 288. The average Bonchev–Trinajstić information content (AvgIpc) is 2.41. The van der Waals surface area contributed by atoms with E-state index >= 15 is 0 Å². The van der Waals surface area contributed by atoms with Gasteiger partial charge in [-0.1, -0.05) is 44.6 Å². The van der Waals surface area contributed by atoms with Crippen LogP contribution in [0.1, 0.15) is 65.2 Å². The third kappa shape index (κ3) is 2.56. The molecule has 0 amide bonds. The Hall–Kier alpha value is -0.590. The molecule has 2 rings (SSSR count). The predicted octanol–water partition coefficient (Wildman–Crippen LogP) is 4.73. The quantitative estimate of drug-likeness (QED) is 0.604. The smallest absolute Gasteiger partial charge is 0.0259 e. The summed E-state index contributed by atoms with van der Waals surface area (Å²) >= 11 is 0. The average molecular weight is 219 g/mol. The summed E-state index contributed by atoms with van der Waals surface area (Å²) in [5.74, 6) is 1.58. The largest absolute Gasteiger partial charge is 0.265 e. The van der Waals surface area contributed by atoms with Gasteiger partial charge in [0, 0.05) is 17.8 Å². The highest BCUT2D eigenvalue weighted by atomic mass is 14.7. The topological polar surface area (TPSA) is 12.4 Å². The van der Waals surface area contributed by atoms with E-state index in [0.717, 1.165) is 18.3 Å². The fourth-order valence-corrected chi connectivity index (χ4v) is 3.33. The predicted molar refractivity (Wildman–Crippen MR) is 70.8 cm³/mol. The molecule has 1 aliphatic carbocycles. The molecule has 1 saturated carbocycles. The number of allylic oxidation sites excluding steroid dienone is 1. The van der Waals surface area contributed by atoms with Crippen LogP contribution in [0.4, 0.5) is 0 Å². The second-order valence-corrected chi connectivity index (χ2v) is 5.41. The third-order valence-corrected chi connectivity index (χ3v) is 4.33. The van der Waals surface area contributed by atoms with E-state index < -0.39 is 0 Å². The lowest BCUT2D eigenvalue weighted by Gasteiger charge is -2.31. The lowest BCUT2D eigenvalue weighted by molar-refractivity contribution is 0.406. The molecule has 1 nitrogen and oxygen atoms in total. The number of aliphatic imine (C=N–C) groups is 1. The zero-order valence-electron chi connectivity index (χ0n) is 10.8. The van der Waals surface area contributed by atoms with Crippen LogP contribution in [0.3, 0.4) is 0 Å². The van der Waals surface area contributed by atoms with Crippen LogP contribution >= 0.6 is 0 Å². The summed E-state index contributed by atoms with van der Waals surface area (Å²) in [6, 6.07) is 0. The third-order valence-electron chi connectivity index (χ3n) is 4.33. The van der Waals surface area contributed by atoms with Gasteiger partial charge in [0.25, 0.3) is 0 Å². The van der Waals surface area contributed by atoms with E-state index in [1.807, 2.05) is 0 Å². The Morgan fingerprint density at radius 2 is 1.69 bits per heavy atom. The molecule has 2 aliphatic rings. The minimum Gasteiger partial charge on any atom is -0.265 e. The van der Waals surface area contributed by atoms with Crippen molar-refractivity contribution in [1.82, 2.24) is 0 Å². The van der Waals surface area contributed by atoms with Crippen molar-refractivity contribution in [2.45, 2.75) is 65.2 Å². The van der Waals surface area contributed by atoms with Gasteiger partial charge in [0.05, 0.1) is 0 Å². The number of rotatable bonds is 1. The van der Waals surface area contributed by atoms with Crippen molar-refractivity contribution < 1.29 is 0 Å². The minimum atomic E-state index is 0.771. The highest BCUT2D eigenvalue weighted by molar-refractivity contribution is 5.88. The summed E-state index contributed by atoms with van der Waals surface area (Å²) in [6.07, 6.45) is 13.2. The van der Waals surface area contributed by atoms with Crippen LogP contribution in [0.25, 0.3) is 0 Å². The highest BCUT2D eigenvalue weighted by Crippen LogP contribution is 2.36. The molecule has 1 heterocycles. The van der Waals surface area contributed by atoms with Gasteiger partial charge in [-0.2, -0.15) is 0 Å². The van der Waals surface area contributed by atoms with E-state index in [1.54, 1.807) is 0 Å². The van der Waals surface area contributed by atoms with Gasteiger partial charge >= 0.3 is 0 Å². The minimum absolute atomic E-state index is 0.771. The van der Waals surface area contributed by atoms with Crippen LogP contribution in [-0.4, -0.2) is 5.71 Å². The molecule has 1 fully saturated rings. The van der Waals surface area contributed by atoms with Crippen LogP contribution in [0, 0.1) is 11.8 Å². The molecule has 1 heteroatoms. The van der Waals surface area contributed by atoms with Crippen molar-refractivity contribution in [3.63, 3.8) is 0 Å². The number of hydrogen-bond acceptors (Lipinski definition) is 1. The molecule has 0 spiro atoms. The molecular weight excluding hydrogens is 194 g/mol. The lowest BCUT2D eigenvalue weighted by atomic mass is 9.76. The van der Waals surface area contributed by atoms with Gasteiger partial charge in [-0.3, -0.25) is 4.99 Å². The number of nitrogens with zero attached hydrogens (tertiary/aromatic N) is 1. The van der Waals surface area contributed by atoms with Gasteiger partial charge in [0.15, 0.2) is 0 Å². The Kier molecular flexibility index (Phi) is 4.20. The summed E-state index contributed by atoms with van der Waals surface area (Å²) in [7, 11) is 0.